The predicted octanol–water partition coefficient (Wildman–Crippen LogP) is 1.40. The molecule has 21 heavy (non-hydrogen) atoms. The van der Waals surface area contributed by atoms with E-state index in [9.17, 15) is 4.79 Å². The van der Waals surface area contributed by atoms with Crippen LogP contribution >= 0.6 is 0 Å². The fourth-order valence-electron chi connectivity index (χ4n) is 2.13. The molecule has 2 aromatic rings. The lowest BCUT2D eigenvalue weighted by molar-refractivity contribution is 0.633. The molecule has 2 aromatic heterocycles. The zero-order valence-corrected chi connectivity index (χ0v) is 12.2. The van der Waals surface area contributed by atoms with Crippen molar-refractivity contribution in [3.8, 4) is 6.07 Å². The fraction of sp³-hybridized carbons (Fsp3) is 0.333. The Morgan fingerprint density at radius 1 is 1.38 bits per heavy atom. The zero-order chi connectivity index (χ0) is 15.2. The Labute approximate surface area is 123 Å². The number of hydrogen-bond donors (Lipinski definition) is 0. The highest BCUT2D eigenvalue weighted by atomic mass is 16.1. The summed E-state index contributed by atoms with van der Waals surface area (Å²) in [5.41, 5.74) is 1.63. The van der Waals surface area contributed by atoms with Gasteiger partial charge in [-0.1, -0.05) is 6.07 Å². The molecule has 6 nitrogen and oxygen atoms in total. The molecule has 0 atom stereocenters. The molecule has 0 N–H and O–H groups in total. The lowest BCUT2D eigenvalue weighted by Crippen LogP contribution is -2.28. The van der Waals surface area contributed by atoms with E-state index >= 15 is 0 Å². The topological polar surface area (TPSA) is 74.8 Å². The van der Waals surface area contributed by atoms with Crippen LogP contribution in [0.5, 0.6) is 0 Å². The summed E-state index contributed by atoms with van der Waals surface area (Å²) in [6.07, 6.45) is 3.23. The molecule has 0 amide bonds. The van der Waals surface area contributed by atoms with Crippen LogP contribution in [-0.2, 0) is 6.54 Å². The van der Waals surface area contributed by atoms with E-state index in [4.69, 9.17) is 5.26 Å². The molecule has 0 unspecified atom stereocenters. The minimum atomic E-state index is -0.188. The van der Waals surface area contributed by atoms with Crippen molar-refractivity contribution in [3.05, 3.63) is 52.2 Å². The molecule has 0 aromatic carbocycles. The summed E-state index contributed by atoms with van der Waals surface area (Å²) in [4.78, 5) is 18.2. The molecule has 0 bridgehead atoms. The molecule has 0 aliphatic carbocycles. The van der Waals surface area contributed by atoms with Crippen LogP contribution in [0.3, 0.4) is 0 Å². The summed E-state index contributed by atoms with van der Waals surface area (Å²) in [5.74, 6) is 0. The maximum atomic E-state index is 12.2. The number of anilines is 1. The van der Waals surface area contributed by atoms with Crippen LogP contribution in [0.4, 0.5) is 5.69 Å². The number of nitrogens with zero attached hydrogens (tertiary/aromatic N) is 5. The zero-order valence-electron chi connectivity index (χ0n) is 12.2. The number of rotatable bonds is 5. The van der Waals surface area contributed by atoms with Gasteiger partial charge in [0.2, 0.25) is 0 Å². The van der Waals surface area contributed by atoms with Crippen molar-refractivity contribution in [1.29, 1.82) is 5.26 Å². The van der Waals surface area contributed by atoms with Crippen LogP contribution in [0.1, 0.15) is 25.1 Å². The van der Waals surface area contributed by atoms with E-state index in [-0.39, 0.29) is 12.1 Å². The van der Waals surface area contributed by atoms with Gasteiger partial charge in [0.1, 0.15) is 11.8 Å². The van der Waals surface area contributed by atoms with Gasteiger partial charge in [0.05, 0.1) is 18.4 Å². The second kappa shape index (κ2) is 6.66. The Bertz CT molecular complexity index is 712. The smallest absolute Gasteiger partial charge is 0.269 e. The van der Waals surface area contributed by atoms with E-state index in [1.165, 1.54) is 4.68 Å². The molecular weight excluding hydrogens is 266 g/mol. The molecule has 0 radical (unpaired) electrons. The maximum absolute atomic E-state index is 12.2. The summed E-state index contributed by atoms with van der Waals surface area (Å²) in [7, 11) is 0. The van der Waals surface area contributed by atoms with Crippen LogP contribution in [-0.4, -0.2) is 27.9 Å². The van der Waals surface area contributed by atoms with Gasteiger partial charge in [-0.25, -0.2) is 9.67 Å². The van der Waals surface area contributed by atoms with Gasteiger partial charge in [-0.3, -0.25) is 4.79 Å². The van der Waals surface area contributed by atoms with Crippen LogP contribution < -0.4 is 10.5 Å². The Morgan fingerprint density at radius 2 is 2.14 bits per heavy atom. The van der Waals surface area contributed by atoms with E-state index in [1.54, 1.807) is 30.6 Å². The number of hydrogen-bond acceptors (Lipinski definition) is 5. The van der Waals surface area contributed by atoms with Crippen molar-refractivity contribution in [2.75, 3.05) is 18.0 Å². The Hall–Kier alpha value is -2.68. The molecule has 2 heterocycles. The van der Waals surface area contributed by atoms with Crippen molar-refractivity contribution in [1.82, 2.24) is 14.8 Å². The molecule has 0 aliphatic rings. The highest BCUT2D eigenvalue weighted by molar-refractivity contribution is 5.42. The molecule has 2 rings (SSSR count). The third kappa shape index (κ3) is 3.26. The maximum Gasteiger partial charge on any atom is 0.269 e. The SMILES string of the molecule is CCN(CC)c1cnn(Cc2cccnc2C#N)c(=O)c1. The molecule has 0 saturated heterocycles. The van der Waals surface area contributed by atoms with E-state index < -0.39 is 0 Å². The molecule has 0 fully saturated rings. The first-order chi connectivity index (χ1) is 10.2. The third-order valence-electron chi connectivity index (χ3n) is 3.30. The Morgan fingerprint density at radius 3 is 2.76 bits per heavy atom. The summed E-state index contributed by atoms with van der Waals surface area (Å²) in [6, 6.07) is 7.11. The van der Waals surface area contributed by atoms with E-state index in [2.05, 4.69) is 15.0 Å². The largest absolute Gasteiger partial charge is 0.371 e. The quantitative estimate of drug-likeness (QED) is 0.829. The minimum Gasteiger partial charge on any atom is -0.371 e. The second-order valence-electron chi connectivity index (χ2n) is 4.50. The normalized spacial score (nSPS) is 10.1. The minimum absolute atomic E-state index is 0.188. The first-order valence-electron chi connectivity index (χ1n) is 6.85. The standard InChI is InChI=1S/C15H17N5O/c1-3-19(4-2)13-8-15(21)20(18-10-13)11-12-6-5-7-17-14(12)9-16/h5-8,10H,3-4,11H2,1-2H3. The monoisotopic (exact) mass is 283 g/mol. The van der Waals surface area contributed by atoms with E-state index in [0.717, 1.165) is 18.8 Å². The second-order valence-corrected chi connectivity index (χ2v) is 4.50. The van der Waals surface area contributed by atoms with Gasteiger partial charge >= 0.3 is 0 Å². The van der Waals surface area contributed by atoms with Crippen LogP contribution in [0.25, 0.3) is 0 Å². The molecule has 108 valence electrons. The molecular formula is C15H17N5O. The van der Waals surface area contributed by atoms with Gasteiger partial charge in [-0.05, 0) is 19.9 Å². The van der Waals surface area contributed by atoms with Crippen LogP contribution in [0.15, 0.2) is 35.4 Å². The average Bonchev–Trinajstić information content (AvgIpc) is 2.51. The summed E-state index contributed by atoms with van der Waals surface area (Å²) in [6.45, 7) is 5.95. The average molecular weight is 283 g/mol. The van der Waals surface area contributed by atoms with Gasteiger partial charge in [0.25, 0.3) is 5.56 Å². The predicted molar refractivity (Wildman–Crippen MR) is 80.1 cm³/mol. The first-order valence-corrected chi connectivity index (χ1v) is 6.85. The Balaban J connectivity index is 2.30. The first kappa shape index (κ1) is 14.7. The van der Waals surface area contributed by atoms with Gasteiger partial charge in [0, 0.05) is 30.9 Å². The molecule has 6 heteroatoms. The van der Waals surface area contributed by atoms with Gasteiger partial charge in [-0.15, -0.1) is 0 Å². The van der Waals surface area contributed by atoms with Crippen molar-refractivity contribution >= 4 is 5.69 Å². The highest BCUT2D eigenvalue weighted by Crippen LogP contribution is 2.09. The van der Waals surface area contributed by atoms with Gasteiger partial charge in [-0.2, -0.15) is 10.4 Å². The van der Waals surface area contributed by atoms with E-state index in [1.807, 2.05) is 19.9 Å². The lowest BCUT2D eigenvalue weighted by atomic mass is 10.2. The van der Waals surface area contributed by atoms with Crippen LogP contribution in [0, 0.1) is 11.3 Å². The van der Waals surface area contributed by atoms with Gasteiger partial charge in [0.15, 0.2) is 0 Å². The number of nitriles is 1. The van der Waals surface area contributed by atoms with Crippen molar-refractivity contribution < 1.29 is 0 Å². The van der Waals surface area contributed by atoms with Crippen molar-refractivity contribution in [2.45, 2.75) is 20.4 Å². The lowest BCUT2D eigenvalue weighted by Gasteiger charge is -2.20. The highest BCUT2D eigenvalue weighted by Gasteiger charge is 2.08. The summed E-state index contributed by atoms with van der Waals surface area (Å²) >= 11 is 0. The summed E-state index contributed by atoms with van der Waals surface area (Å²) in [5, 5.41) is 13.2. The van der Waals surface area contributed by atoms with Gasteiger partial charge < -0.3 is 4.90 Å². The number of aromatic nitrogens is 3. The van der Waals surface area contributed by atoms with Crippen molar-refractivity contribution in [2.24, 2.45) is 0 Å². The molecule has 0 aliphatic heterocycles. The van der Waals surface area contributed by atoms with Crippen LogP contribution in [0.2, 0.25) is 0 Å². The molecule has 0 saturated carbocycles. The third-order valence-corrected chi connectivity index (χ3v) is 3.30. The van der Waals surface area contributed by atoms with E-state index in [0.29, 0.717) is 11.3 Å². The fourth-order valence-corrected chi connectivity index (χ4v) is 2.13. The Kier molecular flexibility index (Phi) is 4.67. The molecule has 0 spiro atoms. The van der Waals surface area contributed by atoms with Crippen molar-refractivity contribution in [3.63, 3.8) is 0 Å². The summed E-state index contributed by atoms with van der Waals surface area (Å²) < 4.78 is 1.34. The number of pyridine rings is 1.